The predicted molar refractivity (Wildman–Crippen MR) is 73.9 cm³/mol. The molecule has 1 unspecified atom stereocenters. The third kappa shape index (κ3) is 3.31. The van der Waals surface area contributed by atoms with Gasteiger partial charge in [0.05, 0.1) is 12.8 Å². The molecular formula is C11H18ClN3O4S. The molecule has 0 bridgehead atoms. The van der Waals surface area contributed by atoms with Crippen LogP contribution in [0.3, 0.4) is 0 Å². The van der Waals surface area contributed by atoms with E-state index in [-0.39, 0.29) is 21.7 Å². The Hall–Kier alpha value is -1.12. The third-order valence-electron chi connectivity index (χ3n) is 2.77. The van der Waals surface area contributed by atoms with Crippen molar-refractivity contribution in [2.75, 3.05) is 7.11 Å². The maximum Gasteiger partial charge on any atom is 0.324 e. The fourth-order valence-electron chi connectivity index (χ4n) is 1.73. The highest BCUT2D eigenvalue weighted by atomic mass is 35.5. The van der Waals surface area contributed by atoms with Gasteiger partial charge in [-0.3, -0.25) is 9.48 Å². The number of ether oxygens (including phenoxy) is 1. The first-order valence-electron chi connectivity index (χ1n) is 5.91. The lowest BCUT2D eigenvalue weighted by atomic mass is 10.1. The number of halogens is 1. The summed E-state index contributed by atoms with van der Waals surface area (Å²) in [6, 6.07) is -0.985. The Morgan fingerprint density at radius 3 is 2.35 bits per heavy atom. The molecule has 114 valence electrons. The van der Waals surface area contributed by atoms with Crippen molar-refractivity contribution in [2.45, 2.75) is 31.7 Å². The number of aryl methyl sites for hydroxylation is 2. The molecule has 0 fully saturated rings. The Kier molecular flexibility index (Phi) is 5.17. The molecule has 0 aliphatic heterocycles. The lowest BCUT2D eigenvalue weighted by molar-refractivity contribution is -0.143. The molecule has 0 radical (unpaired) electrons. The van der Waals surface area contributed by atoms with Crippen molar-refractivity contribution in [3.63, 3.8) is 0 Å². The van der Waals surface area contributed by atoms with Crippen molar-refractivity contribution >= 4 is 27.6 Å². The van der Waals surface area contributed by atoms with E-state index in [1.165, 1.54) is 25.8 Å². The molecule has 0 spiro atoms. The number of hydrogen-bond acceptors (Lipinski definition) is 5. The molecule has 7 nitrogen and oxygen atoms in total. The van der Waals surface area contributed by atoms with E-state index in [4.69, 9.17) is 11.6 Å². The van der Waals surface area contributed by atoms with Gasteiger partial charge in [0.15, 0.2) is 0 Å². The number of hydrogen-bond donors (Lipinski definition) is 1. The Bertz CT molecular complexity index is 609. The molecule has 0 amide bonds. The first-order chi connectivity index (χ1) is 9.11. The maximum atomic E-state index is 12.4. The number of carbonyl (C=O) groups excluding carboxylic acids is 1. The van der Waals surface area contributed by atoms with Crippen LogP contribution in [0.5, 0.6) is 0 Å². The molecule has 1 N–H and O–H groups in total. The van der Waals surface area contributed by atoms with E-state index in [9.17, 15) is 13.2 Å². The fourth-order valence-corrected chi connectivity index (χ4v) is 3.81. The van der Waals surface area contributed by atoms with Crippen LogP contribution in [0.15, 0.2) is 4.90 Å². The molecule has 0 aromatic carbocycles. The summed E-state index contributed by atoms with van der Waals surface area (Å²) in [5, 5.41) is 3.93. The molecule has 0 aliphatic carbocycles. The van der Waals surface area contributed by atoms with E-state index >= 15 is 0 Å². The minimum absolute atomic E-state index is 0.0117. The van der Waals surface area contributed by atoms with Crippen LogP contribution in [-0.4, -0.2) is 37.3 Å². The average Bonchev–Trinajstić information content (AvgIpc) is 2.59. The largest absolute Gasteiger partial charge is 0.468 e. The second kappa shape index (κ2) is 6.11. The van der Waals surface area contributed by atoms with E-state index in [1.54, 1.807) is 13.8 Å². The minimum Gasteiger partial charge on any atom is -0.468 e. The standard InChI is InChI=1S/C11H18ClN3O4S/c1-6(2)8(11(16)19-5)14-20(17,18)9-7(3)13-15(4)10(9)12/h6,8,14H,1-5H3. The number of carbonyl (C=O) groups is 1. The highest BCUT2D eigenvalue weighted by Crippen LogP contribution is 2.24. The van der Waals surface area contributed by atoms with Gasteiger partial charge in [-0.2, -0.15) is 9.82 Å². The summed E-state index contributed by atoms with van der Waals surface area (Å²) in [5.74, 6) is -0.922. The van der Waals surface area contributed by atoms with Gasteiger partial charge in [-0.05, 0) is 12.8 Å². The van der Waals surface area contributed by atoms with Crippen molar-refractivity contribution in [1.29, 1.82) is 0 Å². The third-order valence-corrected chi connectivity index (χ3v) is 4.91. The zero-order valence-corrected chi connectivity index (χ0v) is 13.5. The SMILES string of the molecule is COC(=O)C(NS(=O)(=O)c1c(C)nn(C)c1Cl)C(C)C. The molecular weight excluding hydrogens is 306 g/mol. The summed E-state index contributed by atoms with van der Waals surface area (Å²) in [4.78, 5) is 11.5. The van der Waals surface area contributed by atoms with Crippen molar-refractivity contribution in [3.05, 3.63) is 10.8 Å². The number of rotatable bonds is 5. The van der Waals surface area contributed by atoms with Gasteiger partial charge < -0.3 is 4.74 Å². The molecule has 9 heteroatoms. The number of aromatic nitrogens is 2. The van der Waals surface area contributed by atoms with Gasteiger partial charge in [0.2, 0.25) is 10.0 Å². The van der Waals surface area contributed by atoms with E-state index < -0.39 is 22.0 Å². The summed E-state index contributed by atoms with van der Waals surface area (Å²) in [6.07, 6.45) is 0. The normalized spacial score (nSPS) is 13.6. The van der Waals surface area contributed by atoms with Crippen LogP contribution >= 0.6 is 11.6 Å². The van der Waals surface area contributed by atoms with Gasteiger partial charge in [-0.1, -0.05) is 25.4 Å². The van der Waals surface area contributed by atoms with Gasteiger partial charge in [-0.25, -0.2) is 8.42 Å². The van der Waals surface area contributed by atoms with Crippen molar-refractivity contribution in [1.82, 2.24) is 14.5 Å². The minimum atomic E-state index is -3.97. The predicted octanol–water partition coefficient (Wildman–Crippen LogP) is 0.858. The summed E-state index contributed by atoms with van der Waals surface area (Å²) in [5.41, 5.74) is 0.261. The number of methoxy groups -OCH3 is 1. The van der Waals surface area contributed by atoms with Crippen molar-refractivity contribution in [3.8, 4) is 0 Å². The van der Waals surface area contributed by atoms with Crippen LogP contribution in [0, 0.1) is 12.8 Å². The fraction of sp³-hybridized carbons (Fsp3) is 0.636. The molecule has 1 aromatic rings. The Morgan fingerprint density at radius 1 is 1.45 bits per heavy atom. The van der Waals surface area contributed by atoms with Gasteiger partial charge in [-0.15, -0.1) is 0 Å². The first kappa shape index (κ1) is 16.9. The molecule has 1 heterocycles. The molecule has 1 rings (SSSR count). The number of nitrogens with one attached hydrogen (secondary N) is 1. The first-order valence-corrected chi connectivity index (χ1v) is 7.77. The van der Waals surface area contributed by atoms with E-state index in [1.807, 2.05) is 0 Å². The van der Waals surface area contributed by atoms with E-state index in [0.29, 0.717) is 0 Å². The molecule has 0 aliphatic rings. The summed E-state index contributed by atoms with van der Waals surface area (Å²) >= 11 is 5.94. The van der Waals surface area contributed by atoms with Gasteiger partial charge in [0.1, 0.15) is 16.1 Å². The highest BCUT2D eigenvalue weighted by Gasteiger charge is 2.32. The van der Waals surface area contributed by atoms with Crippen LogP contribution in [0.1, 0.15) is 19.5 Å². The molecule has 1 atom stereocenters. The van der Waals surface area contributed by atoms with Crippen LogP contribution in [0.25, 0.3) is 0 Å². The summed E-state index contributed by atoms with van der Waals surface area (Å²) < 4.78 is 32.9. The Balaban J connectivity index is 3.20. The second-order valence-electron chi connectivity index (χ2n) is 4.70. The van der Waals surface area contributed by atoms with Crippen LogP contribution in [-0.2, 0) is 26.6 Å². The summed E-state index contributed by atoms with van der Waals surface area (Å²) in [6.45, 7) is 4.95. The molecule has 20 heavy (non-hydrogen) atoms. The molecule has 0 saturated carbocycles. The maximum absolute atomic E-state index is 12.4. The molecule has 0 saturated heterocycles. The number of nitrogens with zero attached hydrogens (tertiary/aromatic N) is 2. The summed E-state index contributed by atoms with van der Waals surface area (Å²) in [7, 11) is -1.23. The van der Waals surface area contributed by atoms with E-state index in [0.717, 1.165) is 0 Å². The van der Waals surface area contributed by atoms with Crippen LogP contribution < -0.4 is 4.72 Å². The molecule has 1 aromatic heterocycles. The monoisotopic (exact) mass is 323 g/mol. The number of sulfonamides is 1. The second-order valence-corrected chi connectivity index (χ2v) is 6.70. The lowest BCUT2D eigenvalue weighted by Crippen LogP contribution is -2.45. The highest BCUT2D eigenvalue weighted by molar-refractivity contribution is 7.89. The lowest BCUT2D eigenvalue weighted by Gasteiger charge is -2.19. The van der Waals surface area contributed by atoms with Gasteiger partial charge in [0.25, 0.3) is 0 Å². The van der Waals surface area contributed by atoms with Crippen molar-refractivity contribution < 1.29 is 17.9 Å². The van der Waals surface area contributed by atoms with Gasteiger partial charge >= 0.3 is 5.97 Å². The van der Waals surface area contributed by atoms with Crippen LogP contribution in [0.4, 0.5) is 0 Å². The zero-order valence-electron chi connectivity index (χ0n) is 12.0. The quantitative estimate of drug-likeness (QED) is 0.812. The Labute approximate surface area is 123 Å². The van der Waals surface area contributed by atoms with Gasteiger partial charge in [0, 0.05) is 7.05 Å². The number of esters is 1. The average molecular weight is 324 g/mol. The van der Waals surface area contributed by atoms with Crippen molar-refractivity contribution in [2.24, 2.45) is 13.0 Å². The van der Waals surface area contributed by atoms with Crippen LogP contribution in [0.2, 0.25) is 5.15 Å². The smallest absolute Gasteiger partial charge is 0.324 e. The zero-order chi connectivity index (χ0) is 15.7. The topological polar surface area (TPSA) is 90.3 Å². The van der Waals surface area contributed by atoms with E-state index in [2.05, 4.69) is 14.6 Å². The Morgan fingerprint density at radius 2 is 2.00 bits per heavy atom.